The molecule has 1 N–H and O–H groups in total. The van der Waals surface area contributed by atoms with Crippen molar-refractivity contribution >= 4 is 45.7 Å². The lowest BCUT2D eigenvalue weighted by Crippen LogP contribution is -2.22. The number of nitrogens with one attached hydrogen (secondary N) is 1. The molecule has 11 heteroatoms. The van der Waals surface area contributed by atoms with Gasteiger partial charge in [-0.2, -0.15) is 4.68 Å². The van der Waals surface area contributed by atoms with Crippen LogP contribution in [0, 0.1) is 0 Å². The van der Waals surface area contributed by atoms with Gasteiger partial charge in [0.1, 0.15) is 5.01 Å². The Balaban J connectivity index is 1.68. The van der Waals surface area contributed by atoms with Crippen molar-refractivity contribution in [3.05, 3.63) is 34.3 Å². The summed E-state index contributed by atoms with van der Waals surface area (Å²) in [7, 11) is 0. The zero-order chi connectivity index (χ0) is 17.8. The average molecular weight is 396 g/mol. The summed E-state index contributed by atoms with van der Waals surface area (Å²) in [5.41, 5.74) is 0.765. The Labute approximate surface area is 157 Å². The number of hydrogen-bond acceptors (Lipinski definition) is 8. The van der Waals surface area contributed by atoms with E-state index in [4.69, 9.17) is 11.6 Å². The van der Waals surface area contributed by atoms with E-state index < -0.39 is 5.25 Å². The smallest absolute Gasteiger partial charge is 0.239 e. The zero-order valence-corrected chi connectivity index (χ0v) is 15.8. The van der Waals surface area contributed by atoms with E-state index >= 15 is 0 Å². The van der Waals surface area contributed by atoms with Gasteiger partial charge < -0.3 is 0 Å². The first-order valence-corrected chi connectivity index (χ1v) is 9.48. The molecule has 0 bridgehead atoms. The van der Waals surface area contributed by atoms with Crippen LogP contribution in [-0.2, 0) is 11.2 Å². The molecule has 0 aliphatic heterocycles. The number of benzene rings is 1. The van der Waals surface area contributed by atoms with Crippen molar-refractivity contribution in [2.75, 3.05) is 5.32 Å². The highest BCUT2D eigenvalue weighted by molar-refractivity contribution is 8.00. The second kappa shape index (κ2) is 7.89. The van der Waals surface area contributed by atoms with Gasteiger partial charge in [-0.1, -0.05) is 41.6 Å². The van der Waals surface area contributed by atoms with Gasteiger partial charge in [-0.3, -0.25) is 10.1 Å². The number of carbonyl (C=O) groups excluding carboxylic acids is 1. The van der Waals surface area contributed by atoms with E-state index in [0.29, 0.717) is 15.3 Å². The zero-order valence-electron chi connectivity index (χ0n) is 13.4. The van der Waals surface area contributed by atoms with E-state index in [2.05, 4.69) is 31.0 Å². The molecule has 0 spiro atoms. The maximum absolute atomic E-state index is 12.3. The number of thioether (sulfide) groups is 1. The predicted octanol–water partition coefficient (Wildman–Crippen LogP) is 2.85. The Hall–Kier alpha value is -2.04. The van der Waals surface area contributed by atoms with Crippen molar-refractivity contribution < 1.29 is 4.79 Å². The summed E-state index contributed by atoms with van der Waals surface area (Å²) in [5.74, 6) is -0.186. The molecule has 0 radical (unpaired) electrons. The molecule has 0 saturated carbocycles. The standard InChI is InChI=1S/C14H14ClN7OS2/c1-3-11-17-18-13(25-11)16-12(23)8(2)24-14-19-20-21-22(14)10-6-4-9(15)5-7-10/h4-8H,3H2,1-2H3,(H,16,18,23). The summed E-state index contributed by atoms with van der Waals surface area (Å²) in [6, 6.07) is 7.12. The highest BCUT2D eigenvalue weighted by atomic mass is 35.5. The largest absolute Gasteiger partial charge is 0.300 e. The molecule has 1 aromatic carbocycles. The number of carbonyl (C=O) groups is 1. The number of rotatable bonds is 6. The normalized spacial score (nSPS) is 12.1. The van der Waals surface area contributed by atoms with E-state index in [0.717, 1.165) is 17.1 Å². The maximum atomic E-state index is 12.3. The van der Waals surface area contributed by atoms with Crippen LogP contribution in [0.1, 0.15) is 18.9 Å². The van der Waals surface area contributed by atoms with Crippen molar-refractivity contribution in [2.45, 2.75) is 30.7 Å². The minimum absolute atomic E-state index is 0.186. The molecule has 1 unspecified atom stereocenters. The van der Waals surface area contributed by atoms with Crippen molar-refractivity contribution in [1.82, 2.24) is 30.4 Å². The third-order valence-electron chi connectivity index (χ3n) is 3.16. The summed E-state index contributed by atoms with van der Waals surface area (Å²) in [4.78, 5) is 12.3. The fourth-order valence-corrected chi connectivity index (χ4v) is 3.48. The summed E-state index contributed by atoms with van der Waals surface area (Å²) in [5, 5.41) is 24.4. The van der Waals surface area contributed by atoms with Gasteiger partial charge in [0.2, 0.25) is 16.2 Å². The molecule has 3 aromatic rings. The molecule has 2 aromatic heterocycles. The lowest BCUT2D eigenvalue weighted by molar-refractivity contribution is -0.115. The number of anilines is 1. The van der Waals surface area contributed by atoms with E-state index in [1.54, 1.807) is 35.9 Å². The van der Waals surface area contributed by atoms with Crippen LogP contribution in [0.5, 0.6) is 0 Å². The molecule has 1 atom stereocenters. The number of amides is 1. The van der Waals surface area contributed by atoms with Crippen LogP contribution in [-0.4, -0.2) is 41.6 Å². The van der Waals surface area contributed by atoms with Crippen molar-refractivity contribution in [3.8, 4) is 5.69 Å². The molecule has 0 aliphatic rings. The fraction of sp³-hybridized carbons (Fsp3) is 0.286. The van der Waals surface area contributed by atoms with E-state index in [1.807, 2.05) is 6.92 Å². The topological polar surface area (TPSA) is 98.5 Å². The Bertz CT molecular complexity index is 864. The lowest BCUT2D eigenvalue weighted by Gasteiger charge is -2.10. The predicted molar refractivity (Wildman–Crippen MR) is 97.4 cm³/mol. The van der Waals surface area contributed by atoms with Crippen molar-refractivity contribution in [2.24, 2.45) is 0 Å². The average Bonchev–Trinajstić information content (AvgIpc) is 3.25. The van der Waals surface area contributed by atoms with Crippen LogP contribution in [0.25, 0.3) is 5.69 Å². The minimum atomic E-state index is -0.411. The molecule has 25 heavy (non-hydrogen) atoms. The van der Waals surface area contributed by atoms with Crippen molar-refractivity contribution in [1.29, 1.82) is 0 Å². The fourth-order valence-electron chi connectivity index (χ4n) is 1.86. The molecule has 2 heterocycles. The number of aromatic nitrogens is 6. The first-order chi connectivity index (χ1) is 12.1. The summed E-state index contributed by atoms with van der Waals surface area (Å²) in [6.45, 7) is 3.77. The van der Waals surface area contributed by atoms with Gasteiger partial charge in [0.15, 0.2) is 0 Å². The summed E-state index contributed by atoms with van der Waals surface area (Å²) in [6.07, 6.45) is 0.785. The molecule has 0 saturated heterocycles. The first kappa shape index (κ1) is 17.8. The van der Waals surface area contributed by atoms with Gasteiger partial charge in [-0.05, 0) is 48.0 Å². The summed E-state index contributed by atoms with van der Waals surface area (Å²) < 4.78 is 1.56. The Kier molecular flexibility index (Phi) is 5.61. The van der Waals surface area contributed by atoms with Crippen LogP contribution in [0.2, 0.25) is 5.02 Å². The SMILES string of the molecule is CCc1nnc(NC(=O)C(C)Sc2nnnn2-c2ccc(Cl)cc2)s1. The number of tetrazole rings is 1. The molecule has 130 valence electrons. The molecule has 1 amide bonds. The number of hydrogen-bond donors (Lipinski definition) is 1. The lowest BCUT2D eigenvalue weighted by atomic mass is 10.3. The van der Waals surface area contributed by atoms with Crippen LogP contribution in [0.3, 0.4) is 0 Å². The first-order valence-electron chi connectivity index (χ1n) is 7.41. The quantitative estimate of drug-likeness (QED) is 0.640. The maximum Gasteiger partial charge on any atom is 0.239 e. The number of aryl methyl sites for hydroxylation is 1. The molecular formula is C14H14ClN7OS2. The third-order valence-corrected chi connectivity index (χ3v) is 5.43. The molecule has 8 nitrogen and oxygen atoms in total. The number of halogens is 1. The van der Waals surface area contributed by atoms with E-state index in [9.17, 15) is 4.79 Å². The van der Waals surface area contributed by atoms with Crippen molar-refractivity contribution in [3.63, 3.8) is 0 Å². The molecular weight excluding hydrogens is 382 g/mol. The van der Waals surface area contributed by atoms with Gasteiger partial charge in [0.05, 0.1) is 10.9 Å². The van der Waals surface area contributed by atoms with Crippen LogP contribution in [0.4, 0.5) is 5.13 Å². The van der Waals surface area contributed by atoms with Crippen LogP contribution < -0.4 is 5.32 Å². The molecule has 3 rings (SSSR count). The molecule has 0 fully saturated rings. The van der Waals surface area contributed by atoms with Gasteiger partial charge >= 0.3 is 0 Å². The van der Waals surface area contributed by atoms with E-state index in [-0.39, 0.29) is 5.91 Å². The Morgan fingerprint density at radius 3 is 2.76 bits per heavy atom. The summed E-state index contributed by atoms with van der Waals surface area (Å²) >= 11 is 8.52. The number of nitrogens with zero attached hydrogens (tertiary/aromatic N) is 6. The second-order valence-electron chi connectivity index (χ2n) is 4.95. The monoisotopic (exact) mass is 395 g/mol. The van der Waals surface area contributed by atoms with Gasteiger partial charge in [0, 0.05) is 5.02 Å². The van der Waals surface area contributed by atoms with Crippen LogP contribution in [0.15, 0.2) is 29.4 Å². The molecule has 0 aliphatic carbocycles. The van der Waals surface area contributed by atoms with Gasteiger partial charge in [-0.15, -0.1) is 15.3 Å². The third kappa shape index (κ3) is 4.33. The van der Waals surface area contributed by atoms with Gasteiger partial charge in [0.25, 0.3) is 0 Å². The van der Waals surface area contributed by atoms with Crippen LogP contribution >= 0.6 is 34.7 Å². The minimum Gasteiger partial charge on any atom is -0.300 e. The Morgan fingerprint density at radius 1 is 1.32 bits per heavy atom. The highest BCUT2D eigenvalue weighted by Crippen LogP contribution is 2.25. The Morgan fingerprint density at radius 2 is 2.08 bits per heavy atom. The van der Waals surface area contributed by atoms with E-state index in [1.165, 1.54) is 23.1 Å². The van der Waals surface area contributed by atoms with Gasteiger partial charge in [-0.25, -0.2) is 0 Å². The highest BCUT2D eigenvalue weighted by Gasteiger charge is 2.20. The second-order valence-corrected chi connectivity index (χ2v) is 7.76.